The van der Waals surface area contributed by atoms with Gasteiger partial charge in [0.15, 0.2) is 0 Å². The molecule has 0 aliphatic rings. The predicted octanol–water partition coefficient (Wildman–Crippen LogP) is 2.69. The third kappa shape index (κ3) is 4.80. The standard InChI is InChI=1S/C18H24N2/c1-14(19)11-16-7-9-17(10-8-16)13-18(20)12-15-5-3-2-4-6-15/h2-10,14,18H,11-13,19-20H2,1H3/t14-,18?/m1/s1. The first-order valence-corrected chi connectivity index (χ1v) is 7.26. The van der Waals surface area contributed by atoms with Crippen molar-refractivity contribution in [2.45, 2.75) is 38.3 Å². The molecule has 0 aromatic heterocycles. The summed E-state index contributed by atoms with van der Waals surface area (Å²) in [7, 11) is 0. The first-order valence-electron chi connectivity index (χ1n) is 7.26. The highest BCUT2D eigenvalue weighted by molar-refractivity contribution is 5.24. The van der Waals surface area contributed by atoms with Crippen molar-refractivity contribution in [2.75, 3.05) is 0 Å². The van der Waals surface area contributed by atoms with Crippen LogP contribution in [0.5, 0.6) is 0 Å². The molecule has 2 atom stereocenters. The van der Waals surface area contributed by atoms with Crippen molar-refractivity contribution in [3.63, 3.8) is 0 Å². The Bertz CT molecular complexity index is 503. The molecule has 2 aromatic rings. The van der Waals surface area contributed by atoms with Crippen LogP contribution in [0.1, 0.15) is 23.6 Å². The lowest BCUT2D eigenvalue weighted by Gasteiger charge is -2.12. The second-order valence-electron chi connectivity index (χ2n) is 5.65. The van der Waals surface area contributed by atoms with E-state index in [0.717, 1.165) is 19.3 Å². The summed E-state index contributed by atoms with van der Waals surface area (Å²) in [6.07, 6.45) is 2.76. The van der Waals surface area contributed by atoms with Crippen LogP contribution in [-0.2, 0) is 19.3 Å². The molecule has 2 rings (SSSR count). The van der Waals surface area contributed by atoms with E-state index in [-0.39, 0.29) is 12.1 Å². The van der Waals surface area contributed by atoms with Crippen molar-refractivity contribution in [3.8, 4) is 0 Å². The van der Waals surface area contributed by atoms with Gasteiger partial charge >= 0.3 is 0 Å². The Morgan fingerprint density at radius 3 is 1.65 bits per heavy atom. The largest absolute Gasteiger partial charge is 0.328 e. The second-order valence-corrected chi connectivity index (χ2v) is 5.65. The maximum Gasteiger partial charge on any atom is 0.0120 e. The quantitative estimate of drug-likeness (QED) is 0.846. The van der Waals surface area contributed by atoms with Gasteiger partial charge < -0.3 is 11.5 Å². The van der Waals surface area contributed by atoms with Crippen LogP contribution in [0.15, 0.2) is 54.6 Å². The highest BCUT2D eigenvalue weighted by Crippen LogP contribution is 2.10. The Kier molecular flexibility index (Phi) is 5.33. The molecule has 0 saturated heterocycles. The summed E-state index contributed by atoms with van der Waals surface area (Å²) in [6.45, 7) is 2.03. The van der Waals surface area contributed by atoms with Gasteiger partial charge in [-0.1, -0.05) is 54.6 Å². The number of benzene rings is 2. The molecular weight excluding hydrogens is 244 g/mol. The molecule has 0 radical (unpaired) electrons. The van der Waals surface area contributed by atoms with Crippen molar-refractivity contribution in [3.05, 3.63) is 71.3 Å². The monoisotopic (exact) mass is 268 g/mol. The first-order chi connectivity index (χ1) is 9.63. The predicted molar refractivity (Wildman–Crippen MR) is 85.6 cm³/mol. The van der Waals surface area contributed by atoms with Gasteiger partial charge in [0.1, 0.15) is 0 Å². The van der Waals surface area contributed by atoms with Crippen molar-refractivity contribution in [1.29, 1.82) is 0 Å². The molecule has 0 aliphatic carbocycles. The van der Waals surface area contributed by atoms with Gasteiger partial charge in [0, 0.05) is 12.1 Å². The van der Waals surface area contributed by atoms with Crippen LogP contribution in [0.4, 0.5) is 0 Å². The van der Waals surface area contributed by atoms with Crippen molar-refractivity contribution in [1.82, 2.24) is 0 Å². The minimum Gasteiger partial charge on any atom is -0.328 e. The highest BCUT2D eigenvalue weighted by atomic mass is 14.6. The molecule has 106 valence electrons. The Morgan fingerprint density at radius 1 is 0.700 bits per heavy atom. The van der Waals surface area contributed by atoms with E-state index in [4.69, 9.17) is 11.5 Å². The average Bonchev–Trinajstić information content (AvgIpc) is 2.41. The Morgan fingerprint density at radius 2 is 1.15 bits per heavy atom. The molecule has 20 heavy (non-hydrogen) atoms. The van der Waals surface area contributed by atoms with E-state index in [2.05, 4.69) is 48.5 Å². The summed E-state index contributed by atoms with van der Waals surface area (Å²) in [4.78, 5) is 0. The molecule has 1 unspecified atom stereocenters. The summed E-state index contributed by atoms with van der Waals surface area (Å²) < 4.78 is 0. The number of rotatable bonds is 6. The molecular formula is C18H24N2. The average molecular weight is 268 g/mol. The SMILES string of the molecule is C[C@@H](N)Cc1ccc(CC(N)Cc2ccccc2)cc1. The zero-order chi connectivity index (χ0) is 14.4. The molecule has 2 aromatic carbocycles. The van der Waals surface area contributed by atoms with E-state index in [9.17, 15) is 0 Å². The van der Waals surface area contributed by atoms with E-state index in [1.54, 1.807) is 0 Å². The minimum absolute atomic E-state index is 0.164. The zero-order valence-electron chi connectivity index (χ0n) is 12.1. The molecule has 0 amide bonds. The molecule has 0 spiro atoms. The molecule has 0 aliphatic heterocycles. The van der Waals surface area contributed by atoms with E-state index in [1.165, 1.54) is 16.7 Å². The third-order valence-electron chi connectivity index (χ3n) is 3.42. The number of hydrogen-bond donors (Lipinski definition) is 2. The second kappa shape index (κ2) is 7.22. The number of hydrogen-bond acceptors (Lipinski definition) is 2. The third-order valence-corrected chi connectivity index (χ3v) is 3.42. The molecule has 0 saturated carbocycles. The summed E-state index contributed by atoms with van der Waals surface area (Å²) >= 11 is 0. The van der Waals surface area contributed by atoms with Gasteiger partial charge in [-0.15, -0.1) is 0 Å². The lowest BCUT2D eigenvalue weighted by Crippen LogP contribution is -2.25. The minimum atomic E-state index is 0.164. The van der Waals surface area contributed by atoms with Crippen LogP contribution in [0.25, 0.3) is 0 Å². The summed E-state index contributed by atoms with van der Waals surface area (Å²) in [5.74, 6) is 0. The Hall–Kier alpha value is -1.64. The van der Waals surface area contributed by atoms with Gasteiger partial charge in [0.2, 0.25) is 0 Å². The molecule has 2 heteroatoms. The van der Waals surface area contributed by atoms with E-state index in [0.29, 0.717) is 0 Å². The smallest absolute Gasteiger partial charge is 0.0120 e. The molecule has 0 heterocycles. The summed E-state index contributed by atoms with van der Waals surface area (Å²) in [5.41, 5.74) is 15.9. The fourth-order valence-corrected chi connectivity index (χ4v) is 2.47. The molecule has 2 nitrogen and oxygen atoms in total. The Balaban J connectivity index is 1.89. The van der Waals surface area contributed by atoms with Gasteiger partial charge in [0.25, 0.3) is 0 Å². The highest BCUT2D eigenvalue weighted by Gasteiger charge is 2.06. The molecule has 4 N–H and O–H groups in total. The summed E-state index contributed by atoms with van der Waals surface area (Å²) in [6, 6.07) is 19.4. The fraction of sp³-hybridized carbons (Fsp3) is 0.333. The lowest BCUT2D eigenvalue weighted by atomic mass is 9.98. The fourth-order valence-electron chi connectivity index (χ4n) is 2.47. The van der Waals surface area contributed by atoms with Crippen LogP contribution in [0.2, 0.25) is 0 Å². The first kappa shape index (κ1) is 14.8. The van der Waals surface area contributed by atoms with E-state index in [1.807, 2.05) is 13.0 Å². The van der Waals surface area contributed by atoms with Gasteiger partial charge in [-0.25, -0.2) is 0 Å². The van der Waals surface area contributed by atoms with Crippen LogP contribution in [0, 0.1) is 0 Å². The molecule has 0 fully saturated rings. The van der Waals surface area contributed by atoms with E-state index >= 15 is 0 Å². The maximum absolute atomic E-state index is 6.24. The van der Waals surface area contributed by atoms with Crippen molar-refractivity contribution < 1.29 is 0 Å². The zero-order valence-corrected chi connectivity index (χ0v) is 12.1. The number of nitrogens with two attached hydrogens (primary N) is 2. The maximum atomic E-state index is 6.24. The van der Waals surface area contributed by atoms with E-state index < -0.39 is 0 Å². The van der Waals surface area contributed by atoms with Crippen LogP contribution in [0.3, 0.4) is 0 Å². The van der Waals surface area contributed by atoms with Crippen molar-refractivity contribution >= 4 is 0 Å². The van der Waals surface area contributed by atoms with Gasteiger partial charge in [0.05, 0.1) is 0 Å². The van der Waals surface area contributed by atoms with Gasteiger partial charge in [-0.3, -0.25) is 0 Å². The van der Waals surface area contributed by atoms with Crippen LogP contribution in [-0.4, -0.2) is 12.1 Å². The van der Waals surface area contributed by atoms with Gasteiger partial charge in [-0.2, -0.15) is 0 Å². The van der Waals surface area contributed by atoms with Crippen molar-refractivity contribution in [2.24, 2.45) is 11.5 Å². The lowest BCUT2D eigenvalue weighted by molar-refractivity contribution is 0.664. The van der Waals surface area contributed by atoms with Gasteiger partial charge in [-0.05, 0) is 42.9 Å². The summed E-state index contributed by atoms with van der Waals surface area (Å²) in [5, 5.41) is 0. The van der Waals surface area contributed by atoms with Crippen LogP contribution >= 0.6 is 0 Å². The topological polar surface area (TPSA) is 52.0 Å². The normalized spacial score (nSPS) is 13.9. The molecule has 0 bridgehead atoms. The Labute approximate surface area is 121 Å². The van der Waals surface area contributed by atoms with Crippen LogP contribution < -0.4 is 11.5 Å².